The average molecular weight is 572 g/mol. The molecule has 4 aromatic rings. The number of nitriles is 1. The molecule has 5 rings (SSSR count). The molecule has 0 aliphatic carbocycles. The third-order valence-electron chi connectivity index (χ3n) is 5.92. The number of ether oxygens (including phenoxy) is 1. The largest absolute Gasteiger partial charge is 0.453 e. The van der Waals surface area contributed by atoms with Crippen LogP contribution in [0.15, 0.2) is 59.0 Å². The Bertz CT molecular complexity index is 1780. The van der Waals surface area contributed by atoms with Crippen molar-refractivity contribution in [3.63, 3.8) is 0 Å². The van der Waals surface area contributed by atoms with Gasteiger partial charge in [-0.25, -0.2) is 23.7 Å². The van der Waals surface area contributed by atoms with Crippen LogP contribution in [0.4, 0.5) is 14.5 Å². The van der Waals surface area contributed by atoms with E-state index in [1.165, 1.54) is 53.2 Å². The molecule has 39 heavy (non-hydrogen) atoms. The van der Waals surface area contributed by atoms with Crippen molar-refractivity contribution in [2.24, 2.45) is 0 Å². The van der Waals surface area contributed by atoms with E-state index in [0.29, 0.717) is 16.4 Å². The fourth-order valence-electron chi connectivity index (χ4n) is 3.97. The number of hydrogen-bond donors (Lipinski definition) is 1. The maximum absolute atomic E-state index is 14.8. The summed E-state index contributed by atoms with van der Waals surface area (Å²) in [5.41, 5.74) is -0.415. The normalized spacial score (nSPS) is 15.8. The summed E-state index contributed by atoms with van der Waals surface area (Å²) in [4.78, 5) is 25.8. The molecule has 1 aliphatic rings. The molecule has 3 heterocycles. The quantitative estimate of drug-likeness (QED) is 0.261. The average Bonchev–Trinajstić information content (AvgIpc) is 3.38. The van der Waals surface area contributed by atoms with E-state index in [-0.39, 0.29) is 36.3 Å². The predicted octanol–water partition coefficient (Wildman–Crippen LogP) is 3.40. The molecule has 11 nitrogen and oxygen atoms in total. The molecular weight excluding hydrogens is 552 g/mol. The van der Waals surface area contributed by atoms with Gasteiger partial charge >= 0.3 is 10.2 Å². The monoisotopic (exact) mass is 571 g/mol. The number of rotatable bonds is 7. The zero-order valence-corrected chi connectivity index (χ0v) is 21.8. The summed E-state index contributed by atoms with van der Waals surface area (Å²) in [5, 5.41) is 10.4. The van der Waals surface area contributed by atoms with Gasteiger partial charge in [-0.05, 0) is 43.0 Å². The van der Waals surface area contributed by atoms with Gasteiger partial charge in [0.1, 0.15) is 29.9 Å². The van der Waals surface area contributed by atoms with Gasteiger partial charge in [0, 0.05) is 13.1 Å². The lowest BCUT2D eigenvalue weighted by atomic mass is 10.1. The number of halogens is 2. The lowest BCUT2D eigenvalue weighted by Gasteiger charge is -2.18. The van der Waals surface area contributed by atoms with Crippen molar-refractivity contribution in [3.8, 4) is 23.3 Å². The number of hydrogen-bond acceptors (Lipinski definition) is 9. The Morgan fingerprint density at radius 1 is 1.21 bits per heavy atom. The number of nitrogens with zero attached hydrogens (tertiary/aromatic N) is 6. The van der Waals surface area contributed by atoms with Gasteiger partial charge in [0.05, 0.1) is 34.7 Å². The molecule has 200 valence electrons. The first-order valence-corrected chi connectivity index (χ1v) is 14.1. The van der Waals surface area contributed by atoms with Crippen LogP contribution in [0.2, 0.25) is 0 Å². The van der Waals surface area contributed by atoms with E-state index in [9.17, 15) is 27.3 Å². The fourth-order valence-corrected chi connectivity index (χ4v) is 5.57. The molecule has 2 aromatic heterocycles. The van der Waals surface area contributed by atoms with Gasteiger partial charge in [0.2, 0.25) is 0 Å². The minimum Gasteiger partial charge on any atom is -0.453 e. The molecular formula is C24H19F2N7O4S2. The Hall–Kier alpha value is -4.13. The van der Waals surface area contributed by atoms with E-state index in [1.54, 1.807) is 6.07 Å². The molecule has 0 bridgehead atoms. The summed E-state index contributed by atoms with van der Waals surface area (Å²) < 4.78 is 63.8. The first kappa shape index (κ1) is 26.5. The Labute approximate surface area is 225 Å². The van der Waals surface area contributed by atoms with Gasteiger partial charge in [0.15, 0.2) is 16.7 Å². The Balaban J connectivity index is 1.50. The zero-order chi connectivity index (χ0) is 27.7. The minimum atomic E-state index is -4.20. The van der Waals surface area contributed by atoms with Crippen LogP contribution in [0.25, 0.3) is 16.6 Å². The van der Waals surface area contributed by atoms with Crippen LogP contribution in [0.1, 0.15) is 12.0 Å². The van der Waals surface area contributed by atoms with Crippen LogP contribution < -0.4 is 15.0 Å². The van der Waals surface area contributed by atoms with Gasteiger partial charge in [-0.15, -0.1) is 0 Å². The predicted molar refractivity (Wildman–Crippen MR) is 140 cm³/mol. The molecule has 1 saturated heterocycles. The SMILES string of the molecule is CSc1ncc(-n2cnc3ccc(Oc4c(F)ccc(NS(=O)(=O)N5CCC(F)C5)c4C#N)cc3c2=O)cn1. The molecule has 0 amide bonds. The molecule has 0 saturated carbocycles. The second kappa shape index (κ2) is 10.6. The van der Waals surface area contributed by atoms with E-state index in [2.05, 4.69) is 19.7 Å². The Morgan fingerprint density at radius 3 is 2.64 bits per heavy atom. The summed E-state index contributed by atoms with van der Waals surface area (Å²) in [5.74, 6) is -1.48. The van der Waals surface area contributed by atoms with Crippen molar-refractivity contribution in [3.05, 3.63) is 70.8 Å². The molecule has 1 N–H and O–H groups in total. The number of nitrogens with one attached hydrogen (secondary N) is 1. The second-order valence-corrected chi connectivity index (χ2v) is 10.8. The van der Waals surface area contributed by atoms with Gasteiger partial charge in [-0.1, -0.05) is 11.8 Å². The smallest absolute Gasteiger partial charge is 0.301 e. The van der Waals surface area contributed by atoms with Crippen LogP contribution in [0.5, 0.6) is 11.5 Å². The van der Waals surface area contributed by atoms with Crippen molar-refractivity contribution < 1.29 is 21.9 Å². The molecule has 1 unspecified atom stereocenters. The standard InChI is InChI=1S/C24H19F2N7O4S2/c1-38-24-28-10-15(11-29-24)33-13-30-20-4-2-16(8-17(20)23(33)34)37-22-18(9-27)21(5-3-19(22)26)31-39(35,36)32-7-6-14(25)12-32/h2-5,8,10-11,13-14,31H,6-7,12H2,1H3. The fraction of sp³-hybridized carbons (Fsp3) is 0.208. The second-order valence-electron chi connectivity index (χ2n) is 8.39. The molecule has 1 atom stereocenters. The van der Waals surface area contributed by atoms with Crippen LogP contribution >= 0.6 is 11.8 Å². The molecule has 2 aromatic carbocycles. The lowest BCUT2D eigenvalue weighted by Crippen LogP contribution is -2.34. The summed E-state index contributed by atoms with van der Waals surface area (Å²) in [6.07, 6.45) is 4.87. The molecule has 1 fully saturated rings. The van der Waals surface area contributed by atoms with Gasteiger partial charge in [-0.2, -0.15) is 18.0 Å². The van der Waals surface area contributed by atoms with E-state index < -0.39 is 39.1 Å². The van der Waals surface area contributed by atoms with Gasteiger partial charge < -0.3 is 4.74 Å². The number of fused-ring (bicyclic) bond motifs is 1. The van der Waals surface area contributed by atoms with Crippen LogP contribution in [-0.4, -0.2) is 57.8 Å². The van der Waals surface area contributed by atoms with Crippen LogP contribution in [0, 0.1) is 17.1 Å². The van der Waals surface area contributed by atoms with E-state index >= 15 is 0 Å². The topological polar surface area (TPSA) is 143 Å². The third-order valence-corrected chi connectivity index (χ3v) is 7.98. The van der Waals surface area contributed by atoms with Crippen molar-refractivity contribution in [2.75, 3.05) is 24.1 Å². The zero-order valence-electron chi connectivity index (χ0n) is 20.2. The molecule has 1 aliphatic heterocycles. The number of alkyl halides is 1. The maximum Gasteiger partial charge on any atom is 0.301 e. The lowest BCUT2D eigenvalue weighted by molar-refractivity contribution is 0.343. The molecule has 0 spiro atoms. The number of benzene rings is 2. The number of aromatic nitrogens is 4. The number of thioether (sulfide) groups is 1. The van der Waals surface area contributed by atoms with Crippen molar-refractivity contribution in [1.29, 1.82) is 5.26 Å². The Kier molecular flexibility index (Phi) is 7.17. The maximum atomic E-state index is 14.8. The van der Waals surface area contributed by atoms with E-state index in [1.807, 2.05) is 6.26 Å². The van der Waals surface area contributed by atoms with Crippen LogP contribution in [-0.2, 0) is 10.2 Å². The highest BCUT2D eigenvalue weighted by Gasteiger charge is 2.32. The first-order chi connectivity index (χ1) is 18.7. The van der Waals surface area contributed by atoms with Crippen molar-refractivity contribution in [1.82, 2.24) is 23.8 Å². The summed E-state index contributed by atoms with van der Waals surface area (Å²) in [7, 11) is -4.20. The van der Waals surface area contributed by atoms with E-state index in [4.69, 9.17) is 4.74 Å². The highest BCUT2D eigenvalue weighted by atomic mass is 32.2. The van der Waals surface area contributed by atoms with Crippen molar-refractivity contribution >= 4 is 38.6 Å². The first-order valence-electron chi connectivity index (χ1n) is 11.4. The third kappa shape index (κ3) is 5.26. The van der Waals surface area contributed by atoms with E-state index in [0.717, 1.165) is 16.4 Å². The van der Waals surface area contributed by atoms with Crippen LogP contribution in [0.3, 0.4) is 0 Å². The number of anilines is 1. The summed E-state index contributed by atoms with van der Waals surface area (Å²) >= 11 is 1.35. The molecule has 0 radical (unpaired) electrons. The highest BCUT2D eigenvalue weighted by Crippen LogP contribution is 2.34. The van der Waals surface area contributed by atoms with Gasteiger partial charge in [0.25, 0.3) is 5.56 Å². The Morgan fingerprint density at radius 2 is 1.97 bits per heavy atom. The van der Waals surface area contributed by atoms with Crippen molar-refractivity contribution in [2.45, 2.75) is 17.7 Å². The minimum absolute atomic E-state index is 0.00310. The summed E-state index contributed by atoms with van der Waals surface area (Å²) in [6.45, 7) is -0.350. The highest BCUT2D eigenvalue weighted by molar-refractivity contribution is 7.98. The summed E-state index contributed by atoms with van der Waals surface area (Å²) in [6, 6.07) is 8.02. The molecule has 15 heteroatoms. The van der Waals surface area contributed by atoms with Gasteiger partial charge in [-0.3, -0.25) is 14.1 Å².